The third-order valence-corrected chi connectivity index (χ3v) is 4.63. The molecule has 0 heterocycles. The Kier molecular flexibility index (Phi) is 3.73. The van der Waals surface area contributed by atoms with Crippen molar-refractivity contribution in [3.63, 3.8) is 0 Å². The minimum atomic E-state index is 0.0248. The molecular weight excluding hydrogens is 304 g/mol. The molecule has 0 saturated carbocycles. The molecule has 0 aromatic heterocycles. The summed E-state index contributed by atoms with van der Waals surface area (Å²) in [5.74, 6) is 1.86. The van der Waals surface area contributed by atoms with E-state index in [1.807, 2.05) is 6.07 Å². The lowest BCUT2D eigenvalue weighted by Crippen LogP contribution is -2.12. The molecule has 0 saturated heterocycles. The first-order valence-electron chi connectivity index (χ1n) is 8.72. The summed E-state index contributed by atoms with van der Waals surface area (Å²) in [6.45, 7) is 6.66. The maximum Gasteiger partial charge on any atom is 0.143 e. The van der Waals surface area contributed by atoms with E-state index in [9.17, 15) is 0 Å². The van der Waals surface area contributed by atoms with Gasteiger partial charge in [-0.2, -0.15) is 0 Å². The van der Waals surface area contributed by atoms with Crippen LogP contribution in [0.4, 0.5) is 0 Å². The van der Waals surface area contributed by atoms with Gasteiger partial charge in [0, 0.05) is 16.3 Å². The molecule has 0 atom stereocenters. The number of para-hydroxylation sites is 1. The van der Waals surface area contributed by atoms with Crippen molar-refractivity contribution in [3.05, 3.63) is 84.4 Å². The Morgan fingerprint density at radius 1 is 0.640 bits per heavy atom. The van der Waals surface area contributed by atoms with Gasteiger partial charge in [-0.15, -0.1) is 0 Å². The fraction of sp³-hybridized carbons (Fsp3) is 0.167. The Hall–Kier alpha value is -2.80. The van der Waals surface area contributed by atoms with E-state index >= 15 is 0 Å². The standard InChI is InChI=1S/C24H22O/c1-24(2,3)21-14-8-9-15-22(21)25-23-19-12-6-4-10-17(19)16-18-11-5-7-13-20(18)23/h4-16H,1-3H3. The molecule has 0 aliphatic rings. The fourth-order valence-electron chi connectivity index (χ4n) is 3.37. The molecule has 0 spiro atoms. The first-order valence-corrected chi connectivity index (χ1v) is 8.72. The molecule has 1 heteroatoms. The van der Waals surface area contributed by atoms with Gasteiger partial charge < -0.3 is 4.74 Å². The fourth-order valence-corrected chi connectivity index (χ4v) is 3.37. The van der Waals surface area contributed by atoms with Crippen LogP contribution in [0.15, 0.2) is 78.9 Å². The average molecular weight is 326 g/mol. The van der Waals surface area contributed by atoms with Crippen molar-refractivity contribution in [2.75, 3.05) is 0 Å². The highest BCUT2D eigenvalue weighted by molar-refractivity contribution is 6.05. The molecule has 0 aliphatic carbocycles. The zero-order valence-corrected chi connectivity index (χ0v) is 14.9. The van der Waals surface area contributed by atoms with Crippen molar-refractivity contribution < 1.29 is 4.74 Å². The smallest absolute Gasteiger partial charge is 0.143 e. The zero-order chi connectivity index (χ0) is 17.4. The monoisotopic (exact) mass is 326 g/mol. The largest absolute Gasteiger partial charge is 0.456 e. The minimum Gasteiger partial charge on any atom is -0.456 e. The van der Waals surface area contributed by atoms with Crippen LogP contribution >= 0.6 is 0 Å². The highest BCUT2D eigenvalue weighted by atomic mass is 16.5. The van der Waals surface area contributed by atoms with Crippen molar-refractivity contribution in [2.45, 2.75) is 26.2 Å². The predicted octanol–water partition coefficient (Wildman–Crippen LogP) is 7.08. The van der Waals surface area contributed by atoms with E-state index in [0.29, 0.717) is 0 Å². The third-order valence-electron chi connectivity index (χ3n) is 4.63. The second-order valence-corrected chi connectivity index (χ2v) is 7.50. The molecule has 0 fully saturated rings. The lowest BCUT2D eigenvalue weighted by molar-refractivity contribution is 0.464. The Bertz CT molecular complexity index is 1000. The summed E-state index contributed by atoms with van der Waals surface area (Å²) in [6, 6.07) is 27.4. The Labute approximate surface area is 148 Å². The van der Waals surface area contributed by atoms with E-state index < -0.39 is 0 Å². The van der Waals surface area contributed by atoms with Crippen LogP contribution in [0.1, 0.15) is 26.3 Å². The van der Waals surface area contributed by atoms with Crippen molar-refractivity contribution >= 4 is 21.5 Å². The van der Waals surface area contributed by atoms with E-state index in [4.69, 9.17) is 4.74 Å². The first kappa shape index (κ1) is 15.7. The van der Waals surface area contributed by atoms with Gasteiger partial charge in [0.1, 0.15) is 11.5 Å². The molecule has 0 bridgehead atoms. The van der Waals surface area contributed by atoms with Crippen LogP contribution < -0.4 is 4.74 Å². The Morgan fingerprint density at radius 2 is 1.16 bits per heavy atom. The zero-order valence-electron chi connectivity index (χ0n) is 14.9. The number of rotatable bonds is 2. The number of benzene rings is 4. The normalized spacial score (nSPS) is 11.8. The maximum absolute atomic E-state index is 6.56. The molecular formula is C24H22O. The summed E-state index contributed by atoms with van der Waals surface area (Å²) < 4.78 is 6.56. The molecule has 0 radical (unpaired) electrons. The van der Waals surface area contributed by atoms with E-state index in [1.54, 1.807) is 0 Å². The van der Waals surface area contributed by atoms with Gasteiger partial charge in [0.05, 0.1) is 0 Å². The number of hydrogen-bond donors (Lipinski definition) is 0. The maximum atomic E-state index is 6.56. The summed E-state index contributed by atoms with van der Waals surface area (Å²) in [5, 5.41) is 4.68. The molecule has 4 aromatic rings. The van der Waals surface area contributed by atoms with Crippen LogP contribution in [0, 0.1) is 0 Å². The van der Waals surface area contributed by atoms with E-state index in [0.717, 1.165) is 22.3 Å². The molecule has 0 N–H and O–H groups in total. The van der Waals surface area contributed by atoms with Crippen molar-refractivity contribution in [2.24, 2.45) is 0 Å². The summed E-state index contributed by atoms with van der Waals surface area (Å²) in [4.78, 5) is 0. The second-order valence-electron chi connectivity index (χ2n) is 7.50. The molecule has 0 unspecified atom stereocenters. The predicted molar refractivity (Wildman–Crippen MR) is 107 cm³/mol. The van der Waals surface area contributed by atoms with Gasteiger partial charge in [-0.1, -0.05) is 87.5 Å². The number of hydrogen-bond acceptors (Lipinski definition) is 1. The van der Waals surface area contributed by atoms with Crippen LogP contribution in [0.25, 0.3) is 21.5 Å². The summed E-state index contributed by atoms with van der Waals surface area (Å²) in [7, 11) is 0. The molecule has 124 valence electrons. The molecule has 0 aliphatic heterocycles. The second kappa shape index (κ2) is 5.93. The van der Waals surface area contributed by atoms with Crippen LogP contribution in [0.3, 0.4) is 0 Å². The van der Waals surface area contributed by atoms with Gasteiger partial charge in [0.15, 0.2) is 0 Å². The van der Waals surface area contributed by atoms with Gasteiger partial charge in [-0.25, -0.2) is 0 Å². The Balaban J connectivity index is 1.98. The van der Waals surface area contributed by atoms with Gasteiger partial charge in [-0.3, -0.25) is 0 Å². The average Bonchev–Trinajstić information content (AvgIpc) is 2.61. The van der Waals surface area contributed by atoms with E-state index in [-0.39, 0.29) is 5.41 Å². The third kappa shape index (κ3) is 2.87. The van der Waals surface area contributed by atoms with Crippen molar-refractivity contribution in [1.29, 1.82) is 0 Å². The Morgan fingerprint density at radius 3 is 1.76 bits per heavy atom. The van der Waals surface area contributed by atoms with Gasteiger partial charge in [0.25, 0.3) is 0 Å². The van der Waals surface area contributed by atoms with E-state index in [2.05, 4.69) is 93.6 Å². The molecule has 4 rings (SSSR count). The highest BCUT2D eigenvalue weighted by Crippen LogP contribution is 2.40. The lowest BCUT2D eigenvalue weighted by atomic mass is 9.86. The molecule has 1 nitrogen and oxygen atoms in total. The van der Waals surface area contributed by atoms with Crippen LogP contribution in [-0.4, -0.2) is 0 Å². The topological polar surface area (TPSA) is 9.23 Å². The summed E-state index contributed by atoms with van der Waals surface area (Å²) >= 11 is 0. The van der Waals surface area contributed by atoms with Gasteiger partial charge in [-0.05, 0) is 28.3 Å². The van der Waals surface area contributed by atoms with Crippen LogP contribution in [0.2, 0.25) is 0 Å². The molecule has 0 amide bonds. The minimum absolute atomic E-state index is 0.0248. The highest BCUT2D eigenvalue weighted by Gasteiger charge is 2.20. The summed E-state index contributed by atoms with van der Waals surface area (Å²) in [6.07, 6.45) is 0. The SMILES string of the molecule is CC(C)(C)c1ccccc1Oc1c2ccccc2cc2ccccc12. The van der Waals surface area contributed by atoms with Crippen molar-refractivity contribution in [3.8, 4) is 11.5 Å². The number of fused-ring (bicyclic) bond motifs is 2. The van der Waals surface area contributed by atoms with Gasteiger partial charge >= 0.3 is 0 Å². The van der Waals surface area contributed by atoms with E-state index in [1.165, 1.54) is 16.3 Å². The lowest BCUT2D eigenvalue weighted by Gasteiger charge is -2.23. The van der Waals surface area contributed by atoms with Crippen molar-refractivity contribution in [1.82, 2.24) is 0 Å². The first-order chi connectivity index (χ1) is 12.0. The van der Waals surface area contributed by atoms with Crippen LogP contribution in [-0.2, 0) is 5.41 Å². The molecule has 25 heavy (non-hydrogen) atoms. The summed E-state index contributed by atoms with van der Waals surface area (Å²) in [5.41, 5.74) is 1.24. The van der Waals surface area contributed by atoms with Gasteiger partial charge in [0.2, 0.25) is 0 Å². The molecule has 4 aromatic carbocycles. The quantitative estimate of drug-likeness (QED) is 0.357. The number of ether oxygens (including phenoxy) is 1. The van der Waals surface area contributed by atoms with Crippen LogP contribution in [0.5, 0.6) is 11.5 Å².